The van der Waals surface area contributed by atoms with Crippen molar-refractivity contribution in [2.45, 2.75) is 5.92 Å². The first-order valence-electron chi connectivity index (χ1n) is 7.81. The predicted molar refractivity (Wildman–Crippen MR) is 94.7 cm³/mol. The van der Waals surface area contributed by atoms with Gasteiger partial charge in [0.2, 0.25) is 0 Å². The van der Waals surface area contributed by atoms with Crippen LogP contribution in [-0.4, -0.2) is 35.1 Å². The van der Waals surface area contributed by atoms with Gasteiger partial charge in [-0.05, 0) is 31.3 Å². The Bertz CT molecular complexity index is 817. The molecule has 0 aliphatic carbocycles. The van der Waals surface area contributed by atoms with Crippen molar-refractivity contribution in [3.8, 4) is 11.8 Å². The van der Waals surface area contributed by atoms with E-state index in [1.54, 1.807) is 24.3 Å². The van der Waals surface area contributed by atoms with Gasteiger partial charge < -0.3 is 26.5 Å². The van der Waals surface area contributed by atoms with E-state index in [9.17, 15) is 10.4 Å². The molecular weight excluding hydrogens is 302 g/mol. The maximum absolute atomic E-state index is 9.90. The number of benzene rings is 1. The van der Waals surface area contributed by atoms with Crippen molar-refractivity contribution in [3.63, 3.8) is 0 Å². The zero-order valence-electron chi connectivity index (χ0n) is 13.5. The zero-order chi connectivity index (χ0) is 17.3. The standard InChI is InChI=1S/C18H21N5O/c1-23-9-12(8-19)14(10-23)16-7-11(18(21)22-16)6-15(20)13-4-2-3-5-17(13)24/h2-7,12,14,22,24H,9-10,20-21H2,1H3/b15-6-. The normalized spacial score (nSPS) is 21.8. The minimum Gasteiger partial charge on any atom is -0.507 e. The van der Waals surface area contributed by atoms with Gasteiger partial charge in [0.05, 0.1) is 12.0 Å². The third-order valence-corrected chi connectivity index (χ3v) is 4.49. The number of phenols is 1. The Morgan fingerprint density at radius 1 is 1.42 bits per heavy atom. The van der Waals surface area contributed by atoms with E-state index in [-0.39, 0.29) is 17.6 Å². The Labute approximate surface area is 141 Å². The van der Waals surface area contributed by atoms with Crippen molar-refractivity contribution in [2.24, 2.45) is 11.7 Å². The summed E-state index contributed by atoms with van der Waals surface area (Å²) in [4.78, 5) is 5.32. The van der Waals surface area contributed by atoms with Crippen LogP contribution in [0.25, 0.3) is 11.8 Å². The molecule has 2 aromatic rings. The van der Waals surface area contributed by atoms with Gasteiger partial charge in [0.1, 0.15) is 11.6 Å². The number of hydrogen-bond donors (Lipinski definition) is 4. The topological polar surface area (TPSA) is 115 Å². The summed E-state index contributed by atoms with van der Waals surface area (Å²) in [6, 6.07) is 11.2. The molecule has 24 heavy (non-hydrogen) atoms. The van der Waals surface area contributed by atoms with Crippen LogP contribution in [0, 0.1) is 17.2 Å². The fourth-order valence-corrected chi connectivity index (χ4v) is 3.24. The molecule has 0 radical (unpaired) electrons. The Balaban J connectivity index is 1.91. The van der Waals surface area contributed by atoms with E-state index in [2.05, 4.69) is 16.0 Å². The van der Waals surface area contributed by atoms with E-state index >= 15 is 0 Å². The second kappa shape index (κ2) is 6.30. The molecule has 1 saturated heterocycles. The molecule has 0 spiro atoms. The highest BCUT2D eigenvalue weighted by atomic mass is 16.3. The number of nitrogens with zero attached hydrogens (tertiary/aromatic N) is 2. The average Bonchev–Trinajstić information content (AvgIpc) is 3.10. The van der Waals surface area contributed by atoms with Crippen LogP contribution in [0.5, 0.6) is 5.75 Å². The van der Waals surface area contributed by atoms with Gasteiger partial charge in [0.25, 0.3) is 0 Å². The number of anilines is 1. The molecule has 0 saturated carbocycles. The summed E-state index contributed by atoms with van der Waals surface area (Å²) in [7, 11) is 2.01. The van der Waals surface area contributed by atoms with Gasteiger partial charge in [-0.1, -0.05) is 12.1 Å². The third-order valence-electron chi connectivity index (χ3n) is 4.49. The number of likely N-dealkylation sites (N-methyl/N-ethyl adjacent to an activating group) is 1. The Morgan fingerprint density at radius 2 is 2.17 bits per heavy atom. The van der Waals surface area contributed by atoms with Gasteiger partial charge in [0, 0.05) is 41.5 Å². The number of aromatic amines is 1. The Morgan fingerprint density at radius 3 is 2.88 bits per heavy atom. The van der Waals surface area contributed by atoms with Crippen molar-refractivity contribution < 1.29 is 5.11 Å². The number of phenolic OH excluding ortho intramolecular Hbond substituents is 1. The van der Waals surface area contributed by atoms with Gasteiger partial charge in [-0.15, -0.1) is 0 Å². The highest BCUT2D eigenvalue weighted by Gasteiger charge is 2.33. The number of nitrogens with one attached hydrogen (secondary N) is 1. The molecule has 1 aliphatic heterocycles. The van der Waals surface area contributed by atoms with E-state index in [1.807, 2.05) is 19.2 Å². The number of likely N-dealkylation sites (tertiary alicyclic amines) is 1. The maximum atomic E-state index is 9.90. The minimum atomic E-state index is -0.0552. The maximum Gasteiger partial charge on any atom is 0.124 e. The predicted octanol–water partition coefficient (Wildman–Crippen LogP) is 1.93. The number of nitrogens with two attached hydrogens (primary N) is 2. The fourth-order valence-electron chi connectivity index (χ4n) is 3.24. The fraction of sp³-hybridized carbons (Fsp3) is 0.278. The molecule has 3 rings (SSSR count). The molecule has 6 nitrogen and oxygen atoms in total. The quantitative estimate of drug-likeness (QED) is 0.689. The van der Waals surface area contributed by atoms with Gasteiger partial charge in [-0.2, -0.15) is 5.26 Å². The van der Waals surface area contributed by atoms with E-state index < -0.39 is 0 Å². The van der Waals surface area contributed by atoms with Crippen LogP contribution < -0.4 is 11.5 Å². The van der Waals surface area contributed by atoms with Crippen LogP contribution >= 0.6 is 0 Å². The molecule has 124 valence electrons. The van der Waals surface area contributed by atoms with Crippen molar-refractivity contribution in [1.82, 2.24) is 9.88 Å². The summed E-state index contributed by atoms with van der Waals surface area (Å²) in [5.74, 6) is 0.688. The van der Waals surface area contributed by atoms with Gasteiger partial charge in [-0.3, -0.25) is 0 Å². The van der Waals surface area contributed by atoms with Crippen LogP contribution in [0.2, 0.25) is 0 Å². The first kappa shape index (κ1) is 16.0. The lowest BCUT2D eigenvalue weighted by Crippen LogP contribution is -2.13. The molecule has 6 heteroatoms. The van der Waals surface area contributed by atoms with Gasteiger partial charge in [-0.25, -0.2) is 0 Å². The van der Waals surface area contributed by atoms with E-state index in [1.165, 1.54) is 0 Å². The number of aromatic nitrogens is 1. The molecular formula is C18H21N5O. The molecule has 1 aromatic carbocycles. The average molecular weight is 323 g/mol. The molecule has 0 amide bonds. The molecule has 1 aromatic heterocycles. The largest absolute Gasteiger partial charge is 0.507 e. The number of nitrogen functional groups attached to an aromatic ring is 1. The molecule has 6 N–H and O–H groups in total. The van der Waals surface area contributed by atoms with Crippen LogP contribution in [0.4, 0.5) is 5.82 Å². The summed E-state index contributed by atoms with van der Waals surface area (Å²) in [6.07, 6.45) is 1.74. The first-order valence-corrected chi connectivity index (χ1v) is 7.81. The number of nitriles is 1. The van der Waals surface area contributed by atoms with Gasteiger partial charge in [0.15, 0.2) is 0 Å². The SMILES string of the molecule is CN1CC(C#N)C(c2cc(/C=C(\N)c3ccccc3O)c(N)[nH]2)C1. The Hall–Kier alpha value is -2.91. The minimum absolute atomic E-state index is 0.0552. The van der Waals surface area contributed by atoms with Crippen LogP contribution in [0.3, 0.4) is 0 Å². The monoisotopic (exact) mass is 323 g/mol. The van der Waals surface area contributed by atoms with Crippen molar-refractivity contribution >= 4 is 17.6 Å². The zero-order valence-corrected chi connectivity index (χ0v) is 13.5. The van der Waals surface area contributed by atoms with Crippen molar-refractivity contribution in [1.29, 1.82) is 5.26 Å². The summed E-state index contributed by atoms with van der Waals surface area (Å²) in [6.45, 7) is 1.57. The van der Waals surface area contributed by atoms with E-state index in [4.69, 9.17) is 11.5 Å². The molecule has 2 heterocycles. The van der Waals surface area contributed by atoms with Crippen LogP contribution in [-0.2, 0) is 0 Å². The Kier molecular flexibility index (Phi) is 4.19. The molecule has 1 aliphatic rings. The summed E-state index contributed by atoms with van der Waals surface area (Å²) in [5, 5.41) is 19.2. The van der Waals surface area contributed by atoms with E-state index in [0.29, 0.717) is 17.1 Å². The number of rotatable bonds is 3. The van der Waals surface area contributed by atoms with Crippen molar-refractivity contribution in [2.75, 3.05) is 25.9 Å². The highest BCUT2D eigenvalue weighted by molar-refractivity contribution is 5.84. The van der Waals surface area contributed by atoms with Crippen molar-refractivity contribution in [3.05, 3.63) is 47.2 Å². The molecule has 1 fully saturated rings. The summed E-state index contributed by atoms with van der Waals surface area (Å²) in [5.41, 5.74) is 14.9. The second-order valence-electron chi connectivity index (χ2n) is 6.27. The lowest BCUT2D eigenvalue weighted by Gasteiger charge is -2.10. The summed E-state index contributed by atoms with van der Waals surface area (Å²) < 4.78 is 0. The van der Waals surface area contributed by atoms with Crippen LogP contribution in [0.1, 0.15) is 22.7 Å². The lowest BCUT2D eigenvalue weighted by molar-refractivity contribution is 0.406. The second-order valence-corrected chi connectivity index (χ2v) is 6.27. The lowest BCUT2D eigenvalue weighted by atomic mass is 9.94. The third kappa shape index (κ3) is 2.94. The highest BCUT2D eigenvalue weighted by Crippen LogP contribution is 2.33. The first-order chi connectivity index (χ1) is 11.5. The van der Waals surface area contributed by atoms with E-state index in [0.717, 1.165) is 24.3 Å². The number of para-hydroxylation sites is 1. The van der Waals surface area contributed by atoms with Crippen LogP contribution in [0.15, 0.2) is 30.3 Å². The molecule has 2 unspecified atom stereocenters. The molecule has 0 bridgehead atoms. The number of aromatic hydroxyl groups is 1. The smallest absolute Gasteiger partial charge is 0.124 e. The summed E-state index contributed by atoms with van der Waals surface area (Å²) >= 11 is 0. The number of H-pyrrole nitrogens is 1. The number of hydrogen-bond acceptors (Lipinski definition) is 5. The molecule has 2 atom stereocenters. The van der Waals surface area contributed by atoms with Gasteiger partial charge >= 0.3 is 0 Å².